The van der Waals surface area contributed by atoms with E-state index in [9.17, 15) is 18.0 Å². The van der Waals surface area contributed by atoms with Crippen molar-refractivity contribution in [2.24, 2.45) is 5.92 Å². The zero-order valence-corrected chi connectivity index (χ0v) is 12.4. The van der Waals surface area contributed by atoms with Crippen LogP contribution in [-0.2, 0) is 19.6 Å². The third-order valence-corrected chi connectivity index (χ3v) is 5.32. The lowest BCUT2D eigenvalue weighted by Crippen LogP contribution is -2.33. The van der Waals surface area contributed by atoms with Crippen molar-refractivity contribution in [1.29, 1.82) is 0 Å². The summed E-state index contributed by atoms with van der Waals surface area (Å²) in [5, 5.41) is 18.3. The molecular formula is C10H12N4O5S2. The highest BCUT2D eigenvalue weighted by Crippen LogP contribution is 2.23. The molecule has 2 rings (SSSR count). The first-order valence-corrected chi connectivity index (χ1v) is 8.12. The van der Waals surface area contributed by atoms with E-state index in [-0.39, 0.29) is 21.8 Å². The van der Waals surface area contributed by atoms with Gasteiger partial charge in [-0.15, -0.1) is 10.2 Å². The van der Waals surface area contributed by atoms with Crippen LogP contribution in [0.25, 0.3) is 0 Å². The molecule has 11 heteroatoms. The molecule has 0 bridgehead atoms. The third-order valence-electron chi connectivity index (χ3n) is 2.63. The summed E-state index contributed by atoms with van der Waals surface area (Å²) < 4.78 is 26.2. The molecule has 0 radical (unpaired) electrons. The second-order valence-electron chi connectivity index (χ2n) is 4.35. The number of nitrogens with one attached hydrogen (secondary N) is 2. The molecule has 0 saturated heterocycles. The average molecular weight is 332 g/mol. The molecule has 0 spiro atoms. The maximum absolute atomic E-state index is 12.1. The van der Waals surface area contributed by atoms with Gasteiger partial charge in [0.1, 0.15) is 0 Å². The van der Waals surface area contributed by atoms with Crippen LogP contribution in [0.1, 0.15) is 13.3 Å². The molecule has 2 unspecified atom stereocenters. The molecule has 1 heterocycles. The molecule has 1 aromatic rings. The van der Waals surface area contributed by atoms with Gasteiger partial charge in [-0.2, -0.15) is 0 Å². The Morgan fingerprint density at radius 3 is 2.67 bits per heavy atom. The summed E-state index contributed by atoms with van der Waals surface area (Å²) >= 11 is 0.714. The predicted molar refractivity (Wildman–Crippen MR) is 73.2 cm³/mol. The lowest BCUT2D eigenvalue weighted by atomic mass is 10.1. The Morgan fingerprint density at radius 1 is 1.38 bits per heavy atom. The fourth-order valence-corrected chi connectivity index (χ4v) is 3.90. The van der Waals surface area contributed by atoms with Gasteiger partial charge >= 0.3 is 5.97 Å². The van der Waals surface area contributed by atoms with Crippen LogP contribution < -0.4 is 10.0 Å². The average Bonchev–Trinajstić information content (AvgIpc) is 2.97. The summed E-state index contributed by atoms with van der Waals surface area (Å²) in [4.78, 5) is 21.6. The number of sulfonamides is 1. The number of rotatable bonds is 5. The van der Waals surface area contributed by atoms with Crippen molar-refractivity contribution in [3.8, 4) is 0 Å². The standard InChI is InChI=1S/C10H12N4O5S2/c1-5(15)11-9-12-13-10(20-9)21(18,19)14-7-3-2-6(4-7)8(16)17/h2-3,6-7,14H,4H2,1H3,(H,16,17)(H,11,12,15). The zero-order valence-electron chi connectivity index (χ0n) is 10.8. The van der Waals surface area contributed by atoms with Crippen LogP contribution in [0.3, 0.4) is 0 Å². The third kappa shape index (κ3) is 3.83. The second kappa shape index (κ2) is 5.87. The first-order chi connectivity index (χ1) is 9.78. The molecule has 1 aliphatic rings. The second-order valence-corrected chi connectivity index (χ2v) is 7.21. The van der Waals surface area contributed by atoms with Crippen molar-refractivity contribution in [1.82, 2.24) is 14.9 Å². The summed E-state index contributed by atoms with van der Waals surface area (Å²) in [7, 11) is -3.91. The number of nitrogens with zero attached hydrogens (tertiary/aromatic N) is 2. The van der Waals surface area contributed by atoms with Crippen molar-refractivity contribution >= 4 is 38.4 Å². The molecule has 1 aromatic heterocycles. The molecule has 0 aromatic carbocycles. The number of carboxylic acids is 1. The quantitative estimate of drug-likeness (QED) is 0.501. The Balaban J connectivity index is 2.06. The van der Waals surface area contributed by atoms with Gasteiger partial charge in [-0.25, -0.2) is 13.1 Å². The van der Waals surface area contributed by atoms with Gasteiger partial charge in [0.05, 0.1) is 5.92 Å². The first-order valence-electron chi connectivity index (χ1n) is 5.82. The smallest absolute Gasteiger partial charge is 0.310 e. The Labute approximate surface area is 124 Å². The van der Waals surface area contributed by atoms with Crippen molar-refractivity contribution < 1.29 is 23.1 Å². The fourth-order valence-electron chi connectivity index (χ4n) is 1.74. The molecule has 0 fully saturated rings. The van der Waals surface area contributed by atoms with Gasteiger partial charge in [-0.3, -0.25) is 9.59 Å². The van der Waals surface area contributed by atoms with Crippen LogP contribution in [-0.4, -0.2) is 41.6 Å². The highest BCUT2D eigenvalue weighted by Gasteiger charge is 2.29. The summed E-state index contributed by atoms with van der Waals surface area (Å²) in [6, 6.07) is -0.607. The van der Waals surface area contributed by atoms with Crippen LogP contribution in [0.4, 0.5) is 5.13 Å². The number of hydrogen-bond donors (Lipinski definition) is 3. The number of hydrogen-bond acceptors (Lipinski definition) is 7. The molecule has 21 heavy (non-hydrogen) atoms. The molecule has 9 nitrogen and oxygen atoms in total. The predicted octanol–water partition coefficient (Wildman–Crippen LogP) is -0.196. The van der Waals surface area contributed by atoms with Crippen LogP contribution in [0.2, 0.25) is 0 Å². The number of anilines is 1. The van der Waals surface area contributed by atoms with Gasteiger partial charge in [0.15, 0.2) is 0 Å². The van der Waals surface area contributed by atoms with Gasteiger partial charge < -0.3 is 10.4 Å². The molecular weight excluding hydrogens is 320 g/mol. The maximum Gasteiger partial charge on any atom is 0.310 e. The van der Waals surface area contributed by atoms with Crippen LogP contribution in [0.15, 0.2) is 16.5 Å². The van der Waals surface area contributed by atoms with Gasteiger partial charge in [0.25, 0.3) is 10.0 Å². The molecule has 3 N–H and O–H groups in total. The van der Waals surface area contributed by atoms with Crippen LogP contribution >= 0.6 is 11.3 Å². The first kappa shape index (κ1) is 15.5. The van der Waals surface area contributed by atoms with E-state index in [1.54, 1.807) is 0 Å². The number of aliphatic carboxylic acids is 1. The van der Waals surface area contributed by atoms with Gasteiger partial charge in [0, 0.05) is 13.0 Å². The van der Waals surface area contributed by atoms with E-state index in [0.29, 0.717) is 11.3 Å². The van der Waals surface area contributed by atoms with Gasteiger partial charge in [-0.05, 0) is 6.42 Å². The number of amides is 1. The number of carbonyl (C=O) groups excluding carboxylic acids is 1. The van der Waals surface area contributed by atoms with Crippen molar-refractivity contribution in [2.45, 2.75) is 23.7 Å². The van der Waals surface area contributed by atoms with Crippen LogP contribution in [0.5, 0.6) is 0 Å². The minimum atomic E-state index is -3.91. The molecule has 0 saturated carbocycles. The molecule has 1 aliphatic carbocycles. The molecule has 114 valence electrons. The van der Waals surface area contributed by atoms with E-state index < -0.39 is 28.0 Å². The van der Waals surface area contributed by atoms with E-state index in [2.05, 4.69) is 20.2 Å². The van der Waals surface area contributed by atoms with E-state index in [1.807, 2.05) is 0 Å². The minimum absolute atomic E-state index is 0.0771. The summed E-state index contributed by atoms with van der Waals surface area (Å²) in [5.41, 5.74) is 0. The summed E-state index contributed by atoms with van der Waals surface area (Å²) in [6.07, 6.45) is 3.08. The Bertz CT molecular complexity index is 696. The van der Waals surface area contributed by atoms with Crippen LogP contribution in [0, 0.1) is 5.92 Å². The fraction of sp³-hybridized carbons (Fsp3) is 0.400. The zero-order chi connectivity index (χ0) is 15.6. The largest absolute Gasteiger partial charge is 0.481 e. The van der Waals surface area contributed by atoms with Gasteiger partial charge in [0.2, 0.25) is 15.4 Å². The number of carbonyl (C=O) groups is 2. The Kier molecular flexibility index (Phi) is 4.34. The topological polar surface area (TPSA) is 138 Å². The normalized spacial score (nSPS) is 21.4. The minimum Gasteiger partial charge on any atom is -0.481 e. The van der Waals surface area contributed by atoms with E-state index in [4.69, 9.17) is 5.11 Å². The number of aromatic nitrogens is 2. The number of carboxylic acid groups (broad SMARTS) is 1. The highest BCUT2D eigenvalue weighted by atomic mass is 32.2. The lowest BCUT2D eigenvalue weighted by molar-refractivity contribution is -0.140. The van der Waals surface area contributed by atoms with E-state index in [1.165, 1.54) is 19.1 Å². The van der Waals surface area contributed by atoms with E-state index in [0.717, 1.165) is 0 Å². The van der Waals surface area contributed by atoms with Crippen molar-refractivity contribution in [2.75, 3.05) is 5.32 Å². The highest BCUT2D eigenvalue weighted by molar-refractivity contribution is 7.91. The molecule has 1 amide bonds. The van der Waals surface area contributed by atoms with Crippen molar-refractivity contribution in [3.05, 3.63) is 12.2 Å². The molecule has 0 aliphatic heterocycles. The van der Waals surface area contributed by atoms with E-state index >= 15 is 0 Å². The SMILES string of the molecule is CC(=O)Nc1nnc(S(=O)(=O)NC2C=CC(C(=O)O)C2)s1. The Hall–Kier alpha value is -1.85. The summed E-state index contributed by atoms with van der Waals surface area (Å²) in [6.45, 7) is 1.27. The molecule has 2 atom stereocenters. The monoisotopic (exact) mass is 332 g/mol. The lowest BCUT2D eigenvalue weighted by Gasteiger charge is -2.10. The summed E-state index contributed by atoms with van der Waals surface area (Å²) in [5.74, 6) is -2.09. The van der Waals surface area contributed by atoms with Crippen molar-refractivity contribution in [3.63, 3.8) is 0 Å². The maximum atomic E-state index is 12.1. The van der Waals surface area contributed by atoms with Gasteiger partial charge in [-0.1, -0.05) is 23.5 Å². The Morgan fingerprint density at radius 2 is 2.10 bits per heavy atom.